The third-order valence-electron chi connectivity index (χ3n) is 4.20. The molecule has 0 bridgehead atoms. The second-order valence-electron chi connectivity index (χ2n) is 6.32. The summed E-state index contributed by atoms with van der Waals surface area (Å²) in [6, 6.07) is 11.1. The Kier molecular flexibility index (Phi) is 5.51. The van der Waals surface area contributed by atoms with Crippen LogP contribution in [0, 0.1) is 0 Å². The lowest BCUT2D eigenvalue weighted by molar-refractivity contribution is -0.148. The predicted molar refractivity (Wildman–Crippen MR) is 96.2 cm³/mol. The zero-order valence-electron chi connectivity index (χ0n) is 14.2. The summed E-state index contributed by atoms with van der Waals surface area (Å²) in [7, 11) is -3.06. The third kappa shape index (κ3) is 5.01. The SMILES string of the molecule is O=C(COC(=O)CCc1ccc2ccccc2n1)NC1CCS(=O)(=O)C1. The highest BCUT2D eigenvalue weighted by Gasteiger charge is 2.28. The van der Waals surface area contributed by atoms with Crippen LogP contribution in [0.3, 0.4) is 0 Å². The van der Waals surface area contributed by atoms with Crippen LogP contribution in [0.2, 0.25) is 0 Å². The fourth-order valence-electron chi connectivity index (χ4n) is 2.87. The summed E-state index contributed by atoms with van der Waals surface area (Å²) < 4.78 is 27.6. The van der Waals surface area contributed by atoms with Gasteiger partial charge in [-0.1, -0.05) is 24.3 Å². The Labute approximate surface area is 151 Å². The molecule has 26 heavy (non-hydrogen) atoms. The van der Waals surface area contributed by atoms with Crippen LogP contribution in [0.15, 0.2) is 36.4 Å². The van der Waals surface area contributed by atoms with Gasteiger partial charge in [0.05, 0.1) is 23.4 Å². The number of aryl methyl sites for hydroxylation is 1. The number of aromatic nitrogens is 1. The van der Waals surface area contributed by atoms with Gasteiger partial charge in [0, 0.05) is 23.5 Å². The number of sulfone groups is 1. The summed E-state index contributed by atoms with van der Waals surface area (Å²) in [5.74, 6) is -0.949. The molecule has 138 valence electrons. The number of ether oxygens (including phenoxy) is 1. The number of carbonyl (C=O) groups is 2. The molecule has 0 saturated carbocycles. The number of carbonyl (C=O) groups excluding carboxylic acids is 2. The van der Waals surface area contributed by atoms with E-state index >= 15 is 0 Å². The van der Waals surface area contributed by atoms with Gasteiger partial charge in [-0.05, 0) is 18.6 Å². The average molecular weight is 376 g/mol. The van der Waals surface area contributed by atoms with E-state index in [2.05, 4.69) is 10.3 Å². The molecule has 0 radical (unpaired) electrons. The minimum absolute atomic E-state index is 0.0552. The maximum atomic E-state index is 11.8. The summed E-state index contributed by atoms with van der Waals surface area (Å²) in [5.41, 5.74) is 1.64. The van der Waals surface area contributed by atoms with Crippen LogP contribution in [-0.2, 0) is 30.6 Å². The summed E-state index contributed by atoms with van der Waals surface area (Å²) in [6.45, 7) is -0.402. The number of fused-ring (bicyclic) bond motifs is 1. The Morgan fingerprint density at radius 1 is 1.19 bits per heavy atom. The van der Waals surface area contributed by atoms with Crippen molar-refractivity contribution >= 4 is 32.6 Å². The van der Waals surface area contributed by atoms with Crippen molar-refractivity contribution in [2.24, 2.45) is 0 Å². The fraction of sp³-hybridized carbons (Fsp3) is 0.389. The van der Waals surface area contributed by atoms with Crippen molar-refractivity contribution < 1.29 is 22.7 Å². The molecule has 1 N–H and O–H groups in total. The highest BCUT2D eigenvalue weighted by molar-refractivity contribution is 7.91. The van der Waals surface area contributed by atoms with Crippen LogP contribution in [0.4, 0.5) is 0 Å². The Morgan fingerprint density at radius 2 is 2.00 bits per heavy atom. The zero-order valence-corrected chi connectivity index (χ0v) is 15.0. The van der Waals surface area contributed by atoms with Crippen molar-refractivity contribution in [1.29, 1.82) is 0 Å². The minimum Gasteiger partial charge on any atom is -0.456 e. The second-order valence-corrected chi connectivity index (χ2v) is 8.55. The molecule has 3 rings (SSSR count). The number of hydrogen-bond donors (Lipinski definition) is 1. The molecule has 1 aromatic carbocycles. The van der Waals surface area contributed by atoms with Gasteiger partial charge in [0.1, 0.15) is 0 Å². The monoisotopic (exact) mass is 376 g/mol. The molecule has 1 aliphatic rings. The van der Waals surface area contributed by atoms with E-state index < -0.39 is 34.4 Å². The van der Waals surface area contributed by atoms with E-state index in [1.165, 1.54) is 0 Å². The number of rotatable bonds is 6. The van der Waals surface area contributed by atoms with Gasteiger partial charge in [-0.2, -0.15) is 0 Å². The normalized spacial score (nSPS) is 18.5. The van der Waals surface area contributed by atoms with Crippen LogP contribution >= 0.6 is 0 Å². The molecule has 2 aromatic rings. The number of pyridine rings is 1. The number of nitrogens with zero attached hydrogens (tertiary/aromatic N) is 1. The molecule has 0 aliphatic carbocycles. The van der Waals surface area contributed by atoms with Gasteiger partial charge < -0.3 is 10.1 Å². The van der Waals surface area contributed by atoms with Gasteiger partial charge in [-0.25, -0.2) is 8.42 Å². The first-order valence-corrected chi connectivity index (χ1v) is 10.2. The highest BCUT2D eigenvalue weighted by Crippen LogP contribution is 2.13. The number of nitrogens with one attached hydrogen (secondary N) is 1. The molecule has 1 saturated heterocycles. The smallest absolute Gasteiger partial charge is 0.306 e. The first-order valence-electron chi connectivity index (χ1n) is 8.41. The molecule has 2 heterocycles. The number of para-hydroxylation sites is 1. The van der Waals surface area contributed by atoms with E-state index in [1.54, 1.807) is 0 Å². The van der Waals surface area contributed by atoms with Crippen LogP contribution in [0.5, 0.6) is 0 Å². The van der Waals surface area contributed by atoms with Crippen molar-refractivity contribution in [3.8, 4) is 0 Å². The maximum Gasteiger partial charge on any atom is 0.306 e. The summed E-state index contributed by atoms with van der Waals surface area (Å²) in [5, 5.41) is 3.61. The molecule has 8 heteroatoms. The van der Waals surface area contributed by atoms with E-state index in [9.17, 15) is 18.0 Å². The Bertz CT molecular complexity index is 926. The Balaban J connectivity index is 1.41. The standard InChI is InChI=1S/C18H20N2O5S/c21-17(20-15-9-10-26(23,24)12-15)11-25-18(22)8-7-14-6-5-13-3-1-2-4-16(13)19-14/h1-6,15H,7-12H2,(H,20,21). The van der Waals surface area contributed by atoms with Crippen molar-refractivity contribution in [2.45, 2.75) is 25.3 Å². The summed E-state index contributed by atoms with van der Waals surface area (Å²) in [4.78, 5) is 28.0. The molecule has 1 aliphatic heterocycles. The third-order valence-corrected chi connectivity index (χ3v) is 5.97. The Hall–Kier alpha value is -2.48. The molecule has 1 fully saturated rings. The van der Waals surface area contributed by atoms with E-state index in [4.69, 9.17) is 4.74 Å². The minimum atomic E-state index is -3.06. The summed E-state index contributed by atoms with van der Waals surface area (Å²) >= 11 is 0. The lowest BCUT2D eigenvalue weighted by Crippen LogP contribution is -2.38. The van der Waals surface area contributed by atoms with Gasteiger partial charge in [0.2, 0.25) is 0 Å². The average Bonchev–Trinajstić information content (AvgIpc) is 2.96. The lowest BCUT2D eigenvalue weighted by Gasteiger charge is -2.11. The molecule has 1 amide bonds. The van der Waals surface area contributed by atoms with Crippen LogP contribution in [0.1, 0.15) is 18.5 Å². The molecule has 1 unspecified atom stereocenters. The topological polar surface area (TPSA) is 102 Å². The largest absolute Gasteiger partial charge is 0.456 e. The summed E-state index contributed by atoms with van der Waals surface area (Å²) in [6.07, 6.45) is 0.943. The Morgan fingerprint density at radius 3 is 2.77 bits per heavy atom. The molecular formula is C18H20N2O5S. The number of benzene rings is 1. The number of amides is 1. The first kappa shape index (κ1) is 18.3. The van der Waals surface area contributed by atoms with Crippen LogP contribution < -0.4 is 5.32 Å². The van der Waals surface area contributed by atoms with Crippen molar-refractivity contribution in [3.05, 3.63) is 42.1 Å². The van der Waals surface area contributed by atoms with Crippen molar-refractivity contribution in [3.63, 3.8) is 0 Å². The second kappa shape index (κ2) is 7.82. The van der Waals surface area contributed by atoms with Crippen LogP contribution in [0.25, 0.3) is 10.9 Å². The van der Waals surface area contributed by atoms with E-state index in [-0.39, 0.29) is 17.9 Å². The number of esters is 1. The van der Waals surface area contributed by atoms with Gasteiger partial charge in [0.15, 0.2) is 16.4 Å². The quantitative estimate of drug-likeness (QED) is 0.755. The molecule has 1 aromatic heterocycles. The van der Waals surface area contributed by atoms with E-state index in [0.717, 1.165) is 16.6 Å². The van der Waals surface area contributed by atoms with Gasteiger partial charge in [0.25, 0.3) is 5.91 Å². The molecular weight excluding hydrogens is 356 g/mol. The van der Waals surface area contributed by atoms with E-state index in [0.29, 0.717) is 12.8 Å². The van der Waals surface area contributed by atoms with E-state index in [1.807, 2.05) is 36.4 Å². The van der Waals surface area contributed by atoms with Gasteiger partial charge in [-0.15, -0.1) is 0 Å². The molecule has 1 atom stereocenters. The van der Waals surface area contributed by atoms with Crippen molar-refractivity contribution in [2.75, 3.05) is 18.1 Å². The first-order chi connectivity index (χ1) is 12.4. The van der Waals surface area contributed by atoms with Crippen LogP contribution in [-0.4, -0.2) is 49.4 Å². The van der Waals surface area contributed by atoms with Gasteiger partial charge >= 0.3 is 5.97 Å². The van der Waals surface area contributed by atoms with Crippen molar-refractivity contribution in [1.82, 2.24) is 10.3 Å². The predicted octanol–water partition coefficient (Wildman–Crippen LogP) is 1.01. The molecule has 7 nitrogen and oxygen atoms in total. The molecule has 0 spiro atoms. The van der Waals surface area contributed by atoms with Gasteiger partial charge in [-0.3, -0.25) is 14.6 Å². The lowest BCUT2D eigenvalue weighted by atomic mass is 10.1. The maximum absolute atomic E-state index is 11.8. The highest BCUT2D eigenvalue weighted by atomic mass is 32.2. The zero-order chi connectivity index (χ0) is 18.6. The fourth-order valence-corrected chi connectivity index (χ4v) is 4.55. The number of hydrogen-bond acceptors (Lipinski definition) is 6.